The quantitative estimate of drug-likeness (QED) is 0.738. The van der Waals surface area contributed by atoms with E-state index in [0.29, 0.717) is 24.0 Å². The van der Waals surface area contributed by atoms with Crippen molar-refractivity contribution in [2.45, 2.75) is 71.8 Å². The second-order valence-electron chi connectivity index (χ2n) is 11.0. The lowest BCUT2D eigenvalue weighted by atomic mass is 9.65. The molecule has 1 aromatic carbocycles. The van der Waals surface area contributed by atoms with Crippen molar-refractivity contribution < 1.29 is 19.4 Å². The number of hydrogen-bond acceptors (Lipinski definition) is 3. The molecule has 0 radical (unpaired) electrons. The van der Waals surface area contributed by atoms with Gasteiger partial charge in [-0.15, -0.1) is 0 Å². The Kier molecular flexibility index (Phi) is 5.58. The third kappa shape index (κ3) is 4.50. The summed E-state index contributed by atoms with van der Waals surface area (Å²) < 4.78 is 5.94. The highest BCUT2D eigenvalue weighted by Crippen LogP contribution is 2.52. The van der Waals surface area contributed by atoms with Gasteiger partial charge in [-0.3, -0.25) is 9.59 Å². The molecule has 2 aliphatic carbocycles. The van der Waals surface area contributed by atoms with Crippen LogP contribution in [0.4, 0.5) is 0 Å². The average Bonchev–Trinajstić information content (AvgIpc) is 2.95. The van der Waals surface area contributed by atoms with Crippen LogP contribution in [-0.2, 0) is 4.79 Å². The Labute approximate surface area is 179 Å². The molecule has 0 spiro atoms. The van der Waals surface area contributed by atoms with Crippen LogP contribution in [-0.4, -0.2) is 41.1 Å². The van der Waals surface area contributed by atoms with Gasteiger partial charge in [0.1, 0.15) is 5.75 Å². The number of ether oxygens (including phenoxy) is 1. The molecule has 1 aliphatic heterocycles. The standard InChI is InChI=1S/C25H35NO4/c1-24(2)12-20-13-25(3,15-24)16-26(20)22(27)18-8-10-21(11-9-18)30-14-17-4-6-19(7-5-17)23(28)29/h8-11,17,19-20H,4-7,12-16H2,1-3H3,(H,28,29). The number of carboxylic acid groups (broad SMARTS) is 1. The Morgan fingerprint density at radius 3 is 2.37 bits per heavy atom. The highest BCUT2D eigenvalue weighted by atomic mass is 16.5. The lowest BCUT2D eigenvalue weighted by Gasteiger charge is -2.39. The SMILES string of the molecule is CC1(C)CC2CC(C)(CN2C(=O)c2ccc(OCC3CCC(C(=O)O)CC3)cc2)C1. The summed E-state index contributed by atoms with van der Waals surface area (Å²) in [6, 6.07) is 7.90. The maximum Gasteiger partial charge on any atom is 0.306 e. The molecular formula is C25H35NO4. The first-order chi connectivity index (χ1) is 14.1. The fraction of sp³-hybridized carbons (Fsp3) is 0.680. The minimum Gasteiger partial charge on any atom is -0.493 e. The number of nitrogens with zero attached hydrogens (tertiary/aromatic N) is 1. The summed E-state index contributed by atoms with van der Waals surface area (Å²) in [6.45, 7) is 8.45. The van der Waals surface area contributed by atoms with Crippen LogP contribution < -0.4 is 4.74 Å². The van der Waals surface area contributed by atoms with Crippen molar-refractivity contribution in [2.24, 2.45) is 22.7 Å². The molecule has 5 nitrogen and oxygen atoms in total. The van der Waals surface area contributed by atoms with E-state index in [1.165, 1.54) is 6.42 Å². The third-order valence-corrected chi connectivity index (χ3v) is 7.46. The molecule has 1 heterocycles. The highest BCUT2D eigenvalue weighted by molar-refractivity contribution is 5.94. The third-order valence-electron chi connectivity index (χ3n) is 7.46. The Hall–Kier alpha value is -2.04. The van der Waals surface area contributed by atoms with E-state index in [0.717, 1.165) is 56.4 Å². The number of carbonyl (C=O) groups is 2. The maximum atomic E-state index is 13.2. The van der Waals surface area contributed by atoms with E-state index in [1.54, 1.807) is 0 Å². The number of amides is 1. The molecule has 3 fully saturated rings. The lowest BCUT2D eigenvalue weighted by molar-refractivity contribution is -0.143. The van der Waals surface area contributed by atoms with Crippen LogP contribution in [0.2, 0.25) is 0 Å². The van der Waals surface area contributed by atoms with E-state index in [9.17, 15) is 9.59 Å². The van der Waals surface area contributed by atoms with Crippen LogP contribution in [0, 0.1) is 22.7 Å². The largest absolute Gasteiger partial charge is 0.493 e. The van der Waals surface area contributed by atoms with Gasteiger partial charge in [0.15, 0.2) is 0 Å². The fourth-order valence-corrected chi connectivity index (χ4v) is 6.35. The van der Waals surface area contributed by atoms with Crippen molar-refractivity contribution in [3.05, 3.63) is 29.8 Å². The Morgan fingerprint density at radius 1 is 1.07 bits per heavy atom. The van der Waals surface area contributed by atoms with E-state index in [2.05, 4.69) is 25.7 Å². The summed E-state index contributed by atoms with van der Waals surface area (Å²) in [5.74, 6) is 0.466. The summed E-state index contributed by atoms with van der Waals surface area (Å²) in [6.07, 6.45) is 6.67. The fourth-order valence-electron chi connectivity index (χ4n) is 6.35. The predicted molar refractivity (Wildman–Crippen MR) is 116 cm³/mol. The number of hydrogen-bond donors (Lipinski definition) is 1. The van der Waals surface area contributed by atoms with Crippen molar-refractivity contribution in [3.8, 4) is 5.75 Å². The lowest BCUT2D eigenvalue weighted by Crippen LogP contribution is -2.37. The van der Waals surface area contributed by atoms with Crippen molar-refractivity contribution in [2.75, 3.05) is 13.2 Å². The number of aliphatic carboxylic acids is 1. The van der Waals surface area contributed by atoms with E-state index in [-0.39, 0.29) is 17.2 Å². The minimum atomic E-state index is -0.672. The number of fused-ring (bicyclic) bond motifs is 2. The summed E-state index contributed by atoms with van der Waals surface area (Å²) in [7, 11) is 0. The van der Waals surface area contributed by atoms with E-state index in [4.69, 9.17) is 9.84 Å². The highest BCUT2D eigenvalue weighted by Gasteiger charge is 2.51. The van der Waals surface area contributed by atoms with Gasteiger partial charge in [-0.25, -0.2) is 0 Å². The molecule has 2 saturated carbocycles. The molecule has 1 saturated heterocycles. The predicted octanol–water partition coefficient (Wildman–Crippen LogP) is 5.00. The molecule has 30 heavy (non-hydrogen) atoms. The first-order valence-electron chi connectivity index (χ1n) is 11.4. The van der Waals surface area contributed by atoms with Gasteiger partial charge in [-0.1, -0.05) is 20.8 Å². The van der Waals surface area contributed by atoms with Gasteiger partial charge >= 0.3 is 5.97 Å². The molecular weight excluding hydrogens is 378 g/mol. The molecule has 1 amide bonds. The molecule has 5 heteroatoms. The number of carboxylic acids is 1. The number of likely N-dealkylation sites (tertiary alicyclic amines) is 1. The zero-order valence-corrected chi connectivity index (χ0v) is 18.5. The van der Waals surface area contributed by atoms with Crippen molar-refractivity contribution in [1.29, 1.82) is 0 Å². The molecule has 2 atom stereocenters. The smallest absolute Gasteiger partial charge is 0.306 e. The van der Waals surface area contributed by atoms with Gasteiger partial charge in [0.25, 0.3) is 5.91 Å². The summed E-state index contributed by atoms with van der Waals surface area (Å²) in [5.41, 5.74) is 1.27. The van der Waals surface area contributed by atoms with E-state index in [1.807, 2.05) is 24.3 Å². The van der Waals surface area contributed by atoms with Crippen LogP contribution in [0.3, 0.4) is 0 Å². The molecule has 3 aliphatic rings. The van der Waals surface area contributed by atoms with E-state index >= 15 is 0 Å². The second-order valence-corrected chi connectivity index (χ2v) is 11.0. The molecule has 0 aromatic heterocycles. The molecule has 2 bridgehead atoms. The summed E-state index contributed by atoms with van der Waals surface area (Å²) in [5, 5.41) is 9.11. The molecule has 2 unspecified atom stereocenters. The second kappa shape index (κ2) is 7.90. The van der Waals surface area contributed by atoms with Gasteiger partial charge < -0.3 is 14.7 Å². The molecule has 4 rings (SSSR count). The summed E-state index contributed by atoms with van der Waals surface area (Å²) >= 11 is 0. The normalized spacial score (nSPS) is 32.6. The zero-order chi connectivity index (χ0) is 21.5. The number of carbonyl (C=O) groups excluding carboxylic acids is 1. The first-order valence-corrected chi connectivity index (χ1v) is 11.4. The Morgan fingerprint density at radius 2 is 1.73 bits per heavy atom. The van der Waals surface area contributed by atoms with Crippen molar-refractivity contribution in [1.82, 2.24) is 4.90 Å². The van der Waals surface area contributed by atoms with Crippen LogP contribution >= 0.6 is 0 Å². The number of rotatable bonds is 5. The van der Waals surface area contributed by atoms with Crippen LogP contribution in [0.15, 0.2) is 24.3 Å². The zero-order valence-electron chi connectivity index (χ0n) is 18.5. The molecule has 164 valence electrons. The Bertz CT molecular complexity index is 794. The molecule has 1 aromatic rings. The van der Waals surface area contributed by atoms with Crippen molar-refractivity contribution >= 4 is 11.9 Å². The van der Waals surface area contributed by atoms with Crippen LogP contribution in [0.1, 0.15) is 76.1 Å². The maximum absolute atomic E-state index is 13.2. The topological polar surface area (TPSA) is 66.8 Å². The van der Waals surface area contributed by atoms with Gasteiger partial charge in [0.2, 0.25) is 0 Å². The average molecular weight is 414 g/mol. The van der Waals surface area contributed by atoms with Gasteiger partial charge in [0.05, 0.1) is 12.5 Å². The Balaban J connectivity index is 1.32. The summed E-state index contributed by atoms with van der Waals surface area (Å²) in [4.78, 5) is 26.4. The first kappa shape index (κ1) is 21.2. The van der Waals surface area contributed by atoms with Gasteiger partial charge in [-0.2, -0.15) is 0 Å². The van der Waals surface area contributed by atoms with E-state index < -0.39 is 5.97 Å². The molecule has 1 N–H and O–H groups in total. The minimum absolute atomic E-state index is 0.139. The van der Waals surface area contributed by atoms with Gasteiger partial charge in [0, 0.05) is 18.2 Å². The number of benzene rings is 1. The monoisotopic (exact) mass is 413 g/mol. The van der Waals surface area contributed by atoms with Crippen LogP contribution in [0.25, 0.3) is 0 Å². The van der Waals surface area contributed by atoms with Crippen LogP contribution in [0.5, 0.6) is 5.75 Å². The van der Waals surface area contributed by atoms with Crippen molar-refractivity contribution in [3.63, 3.8) is 0 Å². The van der Waals surface area contributed by atoms with Gasteiger partial charge in [-0.05, 0) is 86.0 Å².